The molecule has 1 N–H and O–H groups in total. The fourth-order valence-corrected chi connectivity index (χ4v) is 2.56. The Morgan fingerprint density at radius 1 is 1.37 bits per heavy atom. The summed E-state index contributed by atoms with van der Waals surface area (Å²) >= 11 is 1.82. The van der Waals surface area contributed by atoms with Gasteiger partial charge in [0.2, 0.25) is 0 Å². The van der Waals surface area contributed by atoms with Crippen LogP contribution in [0.3, 0.4) is 0 Å². The summed E-state index contributed by atoms with van der Waals surface area (Å²) in [5.41, 5.74) is 0.956. The molecule has 0 aliphatic heterocycles. The van der Waals surface area contributed by atoms with Gasteiger partial charge in [0.25, 0.3) is 0 Å². The number of thioether (sulfide) groups is 1. The number of carbonyl (C=O) groups excluding carboxylic acids is 1. The van der Waals surface area contributed by atoms with Crippen molar-refractivity contribution in [2.45, 2.75) is 19.9 Å². The predicted octanol–water partition coefficient (Wildman–Crippen LogP) is 2.88. The summed E-state index contributed by atoms with van der Waals surface area (Å²) in [5.74, 6) is 1.40. The van der Waals surface area contributed by atoms with Gasteiger partial charge in [0, 0.05) is 0 Å². The van der Waals surface area contributed by atoms with Gasteiger partial charge in [-0.2, -0.15) is 11.8 Å². The average Bonchev–Trinajstić information content (AvgIpc) is 2.41. The van der Waals surface area contributed by atoms with Crippen molar-refractivity contribution in [2.24, 2.45) is 5.92 Å². The minimum absolute atomic E-state index is 0.204. The Morgan fingerprint density at radius 2 is 2.05 bits per heavy atom. The van der Waals surface area contributed by atoms with Crippen molar-refractivity contribution in [3.8, 4) is 0 Å². The van der Waals surface area contributed by atoms with Gasteiger partial charge in [0.15, 0.2) is 0 Å². The summed E-state index contributed by atoms with van der Waals surface area (Å²) in [6.45, 7) is 5.22. The van der Waals surface area contributed by atoms with Crippen LogP contribution in [0.15, 0.2) is 30.3 Å². The molecular weight excluding hydrogens is 258 g/mol. The molecule has 0 amide bonds. The molecule has 0 saturated heterocycles. The van der Waals surface area contributed by atoms with E-state index in [1.54, 1.807) is 0 Å². The Bertz CT molecular complexity index is 370. The topological polar surface area (TPSA) is 38.3 Å². The second-order valence-corrected chi connectivity index (χ2v) is 5.48. The zero-order valence-corrected chi connectivity index (χ0v) is 12.7. The molecule has 0 saturated carbocycles. The molecule has 19 heavy (non-hydrogen) atoms. The van der Waals surface area contributed by atoms with E-state index in [1.165, 1.54) is 0 Å². The molecular formula is C15H23NO2S. The van der Waals surface area contributed by atoms with Crippen LogP contribution in [0, 0.1) is 5.92 Å². The number of benzene rings is 1. The molecule has 0 radical (unpaired) electrons. The first-order valence-electron chi connectivity index (χ1n) is 6.63. The summed E-state index contributed by atoms with van der Waals surface area (Å²) < 4.78 is 5.14. The lowest BCUT2D eigenvalue weighted by Gasteiger charge is -2.20. The fourth-order valence-electron chi connectivity index (χ4n) is 1.87. The number of esters is 1. The standard InChI is InChI=1S/C15H23NO2S/c1-4-18-15(17)14(13-8-6-5-7-9-13)16-10-12(2)11-19-3/h5-9,12,14,16H,4,10-11H2,1-3H3. The van der Waals surface area contributed by atoms with Crippen molar-refractivity contribution < 1.29 is 9.53 Å². The molecule has 4 heteroatoms. The van der Waals surface area contributed by atoms with Gasteiger partial charge >= 0.3 is 5.97 Å². The molecule has 0 aliphatic rings. The minimum atomic E-state index is -0.370. The third kappa shape index (κ3) is 5.66. The second-order valence-electron chi connectivity index (χ2n) is 4.56. The number of rotatable bonds is 8. The highest BCUT2D eigenvalue weighted by molar-refractivity contribution is 7.98. The van der Waals surface area contributed by atoms with E-state index in [0.29, 0.717) is 12.5 Å². The normalized spacial score (nSPS) is 13.8. The first-order chi connectivity index (χ1) is 9.19. The summed E-state index contributed by atoms with van der Waals surface area (Å²) in [5, 5.41) is 3.32. The number of hydrogen-bond donors (Lipinski definition) is 1. The zero-order chi connectivity index (χ0) is 14.1. The quantitative estimate of drug-likeness (QED) is 0.744. The Kier molecular flexibility index (Phi) is 7.60. The fraction of sp³-hybridized carbons (Fsp3) is 0.533. The lowest BCUT2D eigenvalue weighted by Crippen LogP contribution is -2.33. The van der Waals surface area contributed by atoms with Crippen molar-refractivity contribution in [2.75, 3.05) is 25.2 Å². The summed E-state index contributed by atoms with van der Waals surface area (Å²) in [7, 11) is 0. The smallest absolute Gasteiger partial charge is 0.327 e. The van der Waals surface area contributed by atoms with Crippen LogP contribution in [0.4, 0.5) is 0 Å². The number of ether oxygens (including phenoxy) is 1. The third-order valence-electron chi connectivity index (χ3n) is 2.78. The van der Waals surface area contributed by atoms with Gasteiger partial charge < -0.3 is 10.1 Å². The van der Waals surface area contributed by atoms with Gasteiger partial charge in [-0.05, 0) is 37.0 Å². The zero-order valence-electron chi connectivity index (χ0n) is 11.9. The van der Waals surface area contributed by atoms with Gasteiger partial charge in [-0.1, -0.05) is 37.3 Å². The van der Waals surface area contributed by atoms with E-state index in [2.05, 4.69) is 18.5 Å². The van der Waals surface area contributed by atoms with Crippen LogP contribution >= 0.6 is 11.8 Å². The molecule has 0 spiro atoms. The highest BCUT2D eigenvalue weighted by Gasteiger charge is 2.21. The van der Waals surface area contributed by atoms with Crippen molar-refractivity contribution in [3.63, 3.8) is 0 Å². The molecule has 106 valence electrons. The number of hydrogen-bond acceptors (Lipinski definition) is 4. The van der Waals surface area contributed by atoms with E-state index in [-0.39, 0.29) is 12.0 Å². The van der Waals surface area contributed by atoms with Gasteiger partial charge in [-0.25, -0.2) is 4.79 Å². The molecule has 1 aromatic carbocycles. The largest absolute Gasteiger partial charge is 0.465 e. The molecule has 0 bridgehead atoms. The molecule has 2 unspecified atom stereocenters. The van der Waals surface area contributed by atoms with E-state index < -0.39 is 0 Å². The number of carbonyl (C=O) groups is 1. The van der Waals surface area contributed by atoms with Crippen LogP contribution in [0.25, 0.3) is 0 Å². The summed E-state index contributed by atoms with van der Waals surface area (Å²) in [4.78, 5) is 12.0. The first-order valence-corrected chi connectivity index (χ1v) is 8.02. The van der Waals surface area contributed by atoms with Crippen LogP contribution in [0.5, 0.6) is 0 Å². The Balaban J connectivity index is 2.68. The Labute approximate surface area is 120 Å². The van der Waals surface area contributed by atoms with Gasteiger partial charge in [0.1, 0.15) is 6.04 Å². The number of nitrogens with one attached hydrogen (secondary N) is 1. The molecule has 3 nitrogen and oxygen atoms in total. The summed E-state index contributed by atoms with van der Waals surface area (Å²) in [6, 6.07) is 9.36. The molecule has 2 atom stereocenters. The van der Waals surface area contributed by atoms with E-state index in [9.17, 15) is 4.79 Å². The maximum Gasteiger partial charge on any atom is 0.327 e. The van der Waals surface area contributed by atoms with Crippen LogP contribution in [-0.4, -0.2) is 31.1 Å². The van der Waals surface area contributed by atoms with E-state index in [4.69, 9.17) is 4.74 Å². The highest BCUT2D eigenvalue weighted by Crippen LogP contribution is 2.15. The minimum Gasteiger partial charge on any atom is -0.465 e. The van der Waals surface area contributed by atoms with E-state index in [1.807, 2.05) is 49.0 Å². The summed E-state index contributed by atoms with van der Waals surface area (Å²) in [6.07, 6.45) is 2.09. The average molecular weight is 281 g/mol. The maximum absolute atomic E-state index is 12.0. The van der Waals surface area contributed by atoms with Crippen molar-refractivity contribution >= 4 is 17.7 Å². The Hall–Kier alpha value is -1.00. The van der Waals surface area contributed by atoms with Crippen molar-refractivity contribution in [1.82, 2.24) is 5.32 Å². The molecule has 1 aromatic rings. The molecule has 0 aliphatic carbocycles. The predicted molar refractivity (Wildman–Crippen MR) is 81.4 cm³/mol. The van der Waals surface area contributed by atoms with Crippen molar-refractivity contribution in [3.05, 3.63) is 35.9 Å². The van der Waals surface area contributed by atoms with Crippen LogP contribution in [-0.2, 0) is 9.53 Å². The molecule has 1 rings (SSSR count). The lowest BCUT2D eigenvalue weighted by molar-refractivity contribution is -0.145. The third-order valence-corrected chi connectivity index (χ3v) is 3.68. The van der Waals surface area contributed by atoms with Crippen LogP contribution in [0.2, 0.25) is 0 Å². The Morgan fingerprint density at radius 3 is 2.63 bits per heavy atom. The monoisotopic (exact) mass is 281 g/mol. The highest BCUT2D eigenvalue weighted by atomic mass is 32.2. The van der Waals surface area contributed by atoms with Gasteiger partial charge in [0.05, 0.1) is 6.61 Å². The van der Waals surface area contributed by atoms with E-state index >= 15 is 0 Å². The lowest BCUT2D eigenvalue weighted by atomic mass is 10.1. The van der Waals surface area contributed by atoms with Gasteiger partial charge in [-0.3, -0.25) is 0 Å². The SMILES string of the molecule is CCOC(=O)C(NCC(C)CSC)c1ccccc1. The molecule has 0 aromatic heterocycles. The first kappa shape index (κ1) is 16.1. The van der Waals surface area contributed by atoms with Crippen LogP contribution < -0.4 is 5.32 Å². The molecule has 0 fully saturated rings. The van der Waals surface area contributed by atoms with E-state index in [0.717, 1.165) is 17.9 Å². The van der Waals surface area contributed by atoms with Crippen molar-refractivity contribution in [1.29, 1.82) is 0 Å². The second kappa shape index (κ2) is 8.99. The molecule has 0 heterocycles. The van der Waals surface area contributed by atoms with Gasteiger partial charge in [-0.15, -0.1) is 0 Å². The van der Waals surface area contributed by atoms with Crippen LogP contribution in [0.1, 0.15) is 25.5 Å². The maximum atomic E-state index is 12.0.